The number of carbonyl (C=O) groups is 1. The van der Waals surface area contributed by atoms with E-state index >= 15 is 0 Å². The summed E-state index contributed by atoms with van der Waals surface area (Å²) in [6.45, 7) is 13.1. The molecule has 1 aromatic rings. The summed E-state index contributed by atoms with van der Waals surface area (Å²) in [4.78, 5) is 12.6. The lowest BCUT2D eigenvalue weighted by molar-refractivity contribution is -0.0281. The molecule has 1 aromatic carbocycles. The zero-order chi connectivity index (χ0) is 29.7. The molecule has 0 aliphatic carbocycles. The fourth-order valence-corrected chi connectivity index (χ4v) is 6.48. The predicted molar refractivity (Wildman–Crippen MR) is 163 cm³/mol. The highest BCUT2D eigenvalue weighted by molar-refractivity contribution is 7.48. The highest BCUT2D eigenvalue weighted by atomic mass is 31.2. The van der Waals surface area contributed by atoms with Gasteiger partial charge in [-0.3, -0.25) is 13.6 Å². The number of rotatable bonds is 16. The maximum Gasteiger partial charge on any atom is 0.475 e. The zero-order valence-electron chi connectivity index (χ0n) is 26.3. The van der Waals surface area contributed by atoms with Gasteiger partial charge in [-0.15, -0.1) is 0 Å². The van der Waals surface area contributed by atoms with Gasteiger partial charge >= 0.3 is 13.9 Å². The number of unbranched alkanes of at least 4 members (excludes halogenated alkanes) is 8. The van der Waals surface area contributed by atoms with Crippen molar-refractivity contribution >= 4 is 13.9 Å². The summed E-state index contributed by atoms with van der Waals surface area (Å²) in [5, 5.41) is 2.95. The second-order valence-corrected chi connectivity index (χ2v) is 14.9. The molecule has 0 spiro atoms. The number of ether oxygens (including phenoxy) is 1. The molecule has 1 heterocycles. The van der Waals surface area contributed by atoms with Crippen molar-refractivity contribution in [3.05, 3.63) is 35.4 Å². The molecule has 40 heavy (non-hydrogen) atoms. The van der Waals surface area contributed by atoms with Gasteiger partial charge in [0.2, 0.25) is 0 Å². The second kappa shape index (κ2) is 16.3. The summed E-state index contributed by atoms with van der Waals surface area (Å²) in [5.41, 5.74) is 0.463. The lowest BCUT2D eigenvalue weighted by Gasteiger charge is -2.41. The quantitative estimate of drug-likeness (QED) is 0.155. The van der Waals surface area contributed by atoms with Crippen molar-refractivity contribution in [2.75, 3.05) is 13.2 Å². The highest BCUT2D eigenvalue weighted by Gasteiger charge is 2.46. The van der Waals surface area contributed by atoms with Crippen LogP contribution in [-0.4, -0.2) is 36.0 Å². The van der Waals surface area contributed by atoms with Gasteiger partial charge in [-0.1, -0.05) is 82.6 Å². The van der Waals surface area contributed by atoms with Gasteiger partial charge in [-0.2, -0.15) is 0 Å². The van der Waals surface area contributed by atoms with Crippen LogP contribution in [0, 0.1) is 0 Å². The number of alkyl carbamates (subject to hydrolysis) is 1. The smallest absolute Gasteiger partial charge is 0.444 e. The van der Waals surface area contributed by atoms with E-state index in [-0.39, 0.29) is 13.2 Å². The Morgan fingerprint density at radius 3 is 1.75 bits per heavy atom. The average Bonchev–Trinajstić information content (AvgIpc) is 2.84. The number of benzene rings is 1. The molecule has 0 bridgehead atoms. The molecule has 0 aromatic heterocycles. The van der Waals surface area contributed by atoms with E-state index in [4.69, 9.17) is 18.3 Å². The first-order valence-electron chi connectivity index (χ1n) is 15.4. The molecule has 1 aliphatic heterocycles. The van der Waals surface area contributed by atoms with E-state index in [0.717, 1.165) is 19.3 Å². The summed E-state index contributed by atoms with van der Waals surface area (Å²) >= 11 is 0. The second-order valence-electron chi connectivity index (χ2n) is 13.4. The molecule has 1 aliphatic rings. The lowest BCUT2D eigenvalue weighted by Crippen LogP contribution is -2.57. The molecule has 1 saturated heterocycles. The molecule has 0 radical (unpaired) electrons. The first kappa shape index (κ1) is 34.8. The van der Waals surface area contributed by atoms with E-state index in [9.17, 15) is 9.36 Å². The van der Waals surface area contributed by atoms with Gasteiger partial charge in [-0.25, -0.2) is 9.36 Å². The van der Waals surface area contributed by atoms with Gasteiger partial charge in [0.1, 0.15) is 5.60 Å². The fraction of sp³-hybridized carbons (Fsp3) is 0.781. The van der Waals surface area contributed by atoms with Gasteiger partial charge in [0.25, 0.3) is 0 Å². The third-order valence-electron chi connectivity index (χ3n) is 6.86. The van der Waals surface area contributed by atoms with Crippen molar-refractivity contribution < 1.29 is 27.7 Å². The Labute approximate surface area is 244 Å². The van der Waals surface area contributed by atoms with Crippen molar-refractivity contribution in [1.29, 1.82) is 0 Å². The number of phosphoric acid groups is 1. The van der Waals surface area contributed by atoms with E-state index in [1.165, 1.54) is 68.9 Å². The van der Waals surface area contributed by atoms with Gasteiger partial charge in [0.05, 0.1) is 24.4 Å². The van der Waals surface area contributed by atoms with Crippen molar-refractivity contribution in [2.24, 2.45) is 0 Å². The van der Waals surface area contributed by atoms with Crippen LogP contribution in [0.15, 0.2) is 24.3 Å². The number of nitrogens with one attached hydrogen (secondary N) is 1. The molecule has 0 unspecified atom stereocenters. The molecular formula is C32H56NO6P. The first-order chi connectivity index (χ1) is 18.7. The van der Waals surface area contributed by atoms with Crippen LogP contribution in [0.5, 0.6) is 0 Å². The largest absolute Gasteiger partial charge is 0.475 e. The van der Waals surface area contributed by atoms with Crippen molar-refractivity contribution in [3.8, 4) is 0 Å². The van der Waals surface area contributed by atoms with Crippen LogP contribution in [0.1, 0.15) is 130 Å². The Balaban J connectivity index is 1.83. The standard InChI is InChI=1S/C32H56NO6P/c1-8-9-10-11-12-13-14-15-16-18-27-20-22-28(23-21-27)19-17-24-32(33-29(34)38-30(2,3)4)25-36-40(35,37-26-32)39-31(5,6)7/h20-23H,8-19,24-26H2,1-7H3,(H,33,34). The van der Waals surface area contributed by atoms with Crippen molar-refractivity contribution in [3.63, 3.8) is 0 Å². The van der Waals surface area contributed by atoms with Crippen LogP contribution >= 0.6 is 7.82 Å². The SMILES string of the molecule is CCCCCCCCCCCc1ccc(CCCC2(NC(=O)OC(C)(C)C)COP(=O)(OC(C)(C)C)OC2)cc1. The Hall–Kier alpha value is -1.40. The molecule has 0 atom stereocenters. The van der Waals surface area contributed by atoms with E-state index in [0.29, 0.717) is 6.42 Å². The minimum Gasteiger partial charge on any atom is -0.444 e. The molecule has 7 nitrogen and oxygen atoms in total. The molecule has 1 N–H and O–H groups in total. The van der Waals surface area contributed by atoms with Crippen molar-refractivity contribution in [1.82, 2.24) is 5.32 Å². The van der Waals surface area contributed by atoms with Crippen LogP contribution in [0.2, 0.25) is 0 Å². The molecule has 1 amide bonds. The summed E-state index contributed by atoms with van der Waals surface area (Å²) in [5.74, 6) is 0. The first-order valence-corrected chi connectivity index (χ1v) is 16.9. The van der Waals surface area contributed by atoms with Crippen molar-refractivity contribution in [2.45, 2.75) is 149 Å². The van der Waals surface area contributed by atoms with Crippen LogP contribution in [0.4, 0.5) is 4.79 Å². The molecule has 1 fully saturated rings. The number of carbonyl (C=O) groups excluding carboxylic acids is 1. The Morgan fingerprint density at radius 2 is 1.27 bits per heavy atom. The fourth-order valence-electron chi connectivity index (χ4n) is 4.81. The normalized spacial score (nSPS) is 21.8. The summed E-state index contributed by atoms with van der Waals surface area (Å²) in [6.07, 6.45) is 14.9. The van der Waals surface area contributed by atoms with Crippen LogP contribution in [0.3, 0.4) is 0 Å². The van der Waals surface area contributed by atoms with Gasteiger partial charge in [-0.05, 0) is 84.8 Å². The summed E-state index contributed by atoms with van der Waals surface area (Å²) < 4.78 is 35.3. The van der Waals surface area contributed by atoms with Gasteiger partial charge < -0.3 is 10.1 Å². The Bertz CT molecular complexity index is 907. The topological polar surface area (TPSA) is 83.1 Å². The monoisotopic (exact) mass is 581 g/mol. The third kappa shape index (κ3) is 14.5. The maximum atomic E-state index is 12.9. The average molecular weight is 582 g/mol. The van der Waals surface area contributed by atoms with Crippen LogP contribution in [0.25, 0.3) is 0 Å². The summed E-state index contributed by atoms with van der Waals surface area (Å²) in [7, 11) is -3.71. The number of aryl methyl sites for hydroxylation is 2. The lowest BCUT2D eigenvalue weighted by atomic mass is 9.92. The zero-order valence-corrected chi connectivity index (χ0v) is 27.2. The minimum atomic E-state index is -3.71. The van der Waals surface area contributed by atoms with E-state index in [1.54, 1.807) is 20.8 Å². The van der Waals surface area contributed by atoms with E-state index in [2.05, 4.69) is 36.5 Å². The number of amides is 1. The number of phosphoric ester groups is 1. The number of hydrogen-bond acceptors (Lipinski definition) is 6. The molecular weight excluding hydrogens is 525 g/mol. The third-order valence-corrected chi connectivity index (χ3v) is 8.52. The molecule has 8 heteroatoms. The Morgan fingerprint density at radius 1 is 0.800 bits per heavy atom. The van der Waals surface area contributed by atoms with E-state index in [1.807, 2.05) is 20.8 Å². The van der Waals surface area contributed by atoms with Crippen LogP contribution < -0.4 is 5.32 Å². The Kier molecular flexibility index (Phi) is 14.2. The number of hydrogen-bond donors (Lipinski definition) is 1. The van der Waals surface area contributed by atoms with Crippen LogP contribution in [-0.2, 0) is 35.7 Å². The minimum absolute atomic E-state index is 0.0251. The summed E-state index contributed by atoms with van der Waals surface area (Å²) in [6, 6.07) is 8.88. The molecule has 230 valence electrons. The van der Waals surface area contributed by atoms with Gasteiger partial charge in [0.15, 0.2) is 0 Å². The predicted octanol–water partition coefficient (Wildman–Crippen LogP) is 9.32. The highest BCUT2D eigenvalue weighted by Crippen LogP contribution is 2.56. The van der Waals surface area contributed by atoms with E-state index < -0.39 is 30.7 Å². The molecule has 0 saturated carbocycles. The maximum absolute atomic E-state index is 12.9. The molecule has 2 rings (SSSR count). The van der Waals surface area contributed by atoms with Gasteiger partial charge in [0, 0.05) is 0 Å².